The number of carbonyl (C=O) groups excluding carboxylic acids is 2. The highest BCUT2D eigenvalue weighted by molar-refractivity contribution is 7.14. The van der Waals surface area contributed by atoms with E-state index in [4.69, 9.17) is 11.6 Å². The normalized spacial score (nSPS) is 13.0. The van der Waals surface area contributed by atoms with E-state index in [-0.39, 0.29) is 11.8 Å². The van der Waals surface area contributed by atoms with Crippen LogP contribution in [0.25, 0.3) is 0 Å². The third-order valence-corrected chi connectivity index (χ3v) is 5.10. The number of anilines is 2. The van der Waals surface area contributed by atoms with Gasteiger partial charge in [-0.25, -0.2) is 0 Å². The first-order chi connectivity index (χ1) is 10.5. The van der Waals surface area contributed by atoms with E-state index in [0.29, 0.717) is 27.7 Å². The van der Waals surface area contributed by atoms with Gasteiger partial charge in [0.25, 0.3) is 5.91 Å². The smallest absolute Gasteiger partial charge is 0.265 e. The summed E-state index contributed by atoms with van der Waals surface area (Å²) in [6, 6.07) is 5.35. The molecule has 1 aliphatic rings. The number of benzene rings is 1. The average molecular weight is 335 g/mol. The highest BCUT2D eigenvalue weighted by atomic mass is 35.5. The predicted octanol–water partition coefficient (Wildman–Crippen LogP) is 4.02. The number of nitrogens with one attached hydrogen (secondary N) is 2. The number of halogens is 1. The van der Waals surface area contributed by atoms with Crippen molar-refractivity contribution in [3.63, 3.8) is 0 Å². The molecule has 0 unspecified atom stereocenters. The molecule has 2 amide bonds. The van der Waals surface area contributed by atoms with E-state index in [1.165, 1.54) is 16.9 Å². The second kappa shape index (κ2) is 5.74. The average Bonchev–Trinajstić information content (AvgIpc) is 3.01. The van der Waals surface area contributed by atoms with Gasteiger partial charge in [-0.15, -0.1) is 11.3 Å². The van der Waals surface area contributed by atoms with Crippen molar-refractivity contribution in [3.8, 4) is 0 Å². The van der Waals surface area contributed by atoms with Crippen LogP contribution in [0.5, 0.6) is 0 Å². The number of fused-ring (bicyclic) bond motifs is 1. The van der Waals surface area contributed by atoms with Gasteiger partial charge in [0.15, 0.2) is 0 Å². The van der Waals surface area contributed by atoms with Crippen molar-refractivity contribution in [2.45, 2.75) is 26.7 Å². The standard InChI is InChI=1S/C16H15ClN2O2S/c1-3-9-5-14(22-8(9)2)16(21)19-13-4-10-6-15(20)18-12(10)7-11(13)17/h4-5,7H,3,6H2,1-2H3,(H,18,20)(H,19,21). The van der Waals surface area contributed by atoms with Crippen LogP contribution in [-0.2, 0) is 17.6 Å². The zero-order chi connectivity index (χ0) is 15.9. The molecule has 0 spiro atoms. The maximum absolute atomic E-state index is 12.4. The Morgan fingerprint density at radius 1 is 1.41 bits per heavy atom. The lowest BCUT2D eigenvalue weighted by atomic mass is 10.1. The summed E-state index contributed by atoms with van der Waals surface area (Å²) in [5.74, 6) is -0.233. The molecule has 1 aromatic heterocycles. The SMILES string of the molecule is CCc1cc(C(=O)Nc2cc3c(cc2Cl)NC(=O)C3)sc1C. The second-order valence-electron chi connectivity index (χ2n) is 5.21. The Kier molecular flexibility index (Phi) is 3.93. The molecular formula is C16H15ClN2O2S. The van der Waals surface area contributed by atoms with E-state index >= 15 is 0 Å². The fraction of sp³-hybridized carbons (Fsp3) is 0.250. The molecule has 1 aromatic carbocycles. The molecule has 0 aliphatic carbocycles. The fourth-order valence-electron chi connectivity index (χ4n) is 2.51. The first-order valence-electron chi connectivity index (χ1n) is 7.01. The van der Waals surface area contributed by atoms with Gasteiger partial charge in [0.1, 0.15) is 0 Å². The summed E-state index contributed by atoms with van der Waals surface area (Å²) >= 11 is 7.66. The summed E-state index contributed by atoms with van der Waals surface area (Å²) < 4.78 is 0. The topological polar surface area (TPSA) is 58.2 Å². The third kappa shape index (κ3) is 2.74. The quantitative estimate of drug-likeness (QED) is 0.890. The Balaban J connectivity index is 1.85. The van der Waals surface area contributed by atoms with Crippen LogP contribution in [0.3, 0.4) is 0 Å². The van der Waals surface area contributed by atoms with Crippen molar-refractivity contribution in [3.05, 3.63) is 44.1 Å². The van der Waals surface area contributed by atoms with E-state index < -0.39 is 0 Å². The van der Waals surface area contributed by atoms with E-state index in [1.807, 2.05) is 13.0 Å². The number of thiophene rings is 1. The molecule has 4 nitrogen and oxygen atoms in total. The van der Waals surface area contributed by atoms with Gasteiger partial charge < -0.3 is 10.6 Å². The van der Waals surface area contributed by atoms with Gasteiger partial charge >= 0.3 is 0 Å². The van der Waals surface area contributed by atoms with Gasteiger partial charge in [0.2, 0.25) is 5.91 Å². The van der Waals surface area contributed by atoms with Gasteiger partial charge in [-0.2, -0.15) is 0 Å². The van der Waals surface area contributed by atoms with Crippen LogP contribution in [0, 0.1) is 6.92 Å². The molecule has 0 saturated heterocycles. The molecule has 0 fully saturated rings. The maximum Gasteiger partial charge on any atom is 0.265 e. The zero-order valence-corrected chi connectivity index (χ0v) is 13.8. The molecule has 1 aliphatic heterocycles. The van der Waals surface area contributed by atoms with Crippen molar-refractivity contribution >= 4 is 46.1 Å². The second-order valence-corrected chi connectivity index (χ2v) is 6.88. The molecule has 2 aromatic rings. The number of amides is 2. The Morgan fingerprint density at radius 2 is 2.18 bits per heavy atom. The lowest BCUT2D eigenvalue weighted by Crippen LogP contribution is -2.10. The molecule has 0 bridgehead atoms. The number of rotatable bonds is 3. The van der Waals surface area contributed by atoms with Gasteiger partial charge in [-0.1, -0.05) is 18.5 Å². The van der Waals surface area contributed by atoms with E-state index in [1.54, 1.807) is 12.1 Å². The number of carbonyl (C=O) groups is 2. The minimum absolute atomic E-state index is 0.0592. The van der Waals surface area contributed by atoms with Gasteiger partial charge in [0, 0.05) is 10.6 Å². The van der Waals surface area contributed by atoms with Crippen LogP contribution in [0.4, 0.5) is 11.4 Å². The Labute approximate surface area is 137 Å². The Hall–Kier alpha value is -1.85. The van der Waals surface area contributed by atoms with Gasteiger partial charge in [0.05, 0.1) is 22.0 Å². The van der Waals surface area contributed by atoms with E-state index in [2.05, 4.69) is 17.6 Å². The molecule has 3 rings (SSSR count). The summed E-state index contributed by atoms with van der Waals surface area (Å²) in [5.41, 5.74) is 3.28. The van der Waals surface area contributed by atoms with Crippen LogP contribution < -0.4 is 10.6 Å². The molecule has 0 radical (unpaired) electrons. The molecule has 2 N–H and O–H groups in total. The van der Waals surface area contributed by atoms with Crippen molar-refractivity contribution in [1.82, 2.24) is 0 Å². The molecular weight excluding hydrogens is 320 g/mol. The highest BCUT2D eigenvalue weighted by Crippen LogP contribution is 2.33. The molecule has 22 heavy (non-hydrogen) atoms. The molecule has 2 heterocycles. The minimum atomic E-state index is -0.174. The predicted molar refractivity (Wildman–Crippen MR) is 90.2 cm³/mol. The molecule has 6 heteroatoms. The molecule has 0 saturated carbocycles. The fourth-order valence-corrected chi connectivity index (χ4v) is 3.73. The summed E-state index contributed by atoms with van der Waals surface area (Å²) in [6.07, 6.45) is 1.22. The Bertz CT molecular complexity index is 783. The lowest BCUT2D eigenvalue weighted by molar-refractivity contribution is -0.115. The molecule has 114 valence electrons. The van der Waals surface area contributed by atoms with Crippen LogP contribution in [0.2, 0.25) is 5.02 Å². The number of hydrogen-bond acceptors (Lipinski definition) is 3. The van der Waals surface area contributed by atoms with Gasteiger partial charge in [-0.05, 0) is 42.7 Å². The van der Waals surface area contributed by atoms with Crippen molar-refractivity contribution in [2.24, 2.45) is 0 Å². The van der Waals surface area contributed by atoms with E-state index in [9.17, 15) is 9.59 Å². The zero-order valence-electron chi connectivity index (χ0n) is 12.2. The highest BCUT2D eigenvalue weighted by Gasteiger charge is 2.21. The Morgan fingerprint density at radius 3 is 2.86 bits per heavy atom. The third-order valence-electron chi connectivity index (χ3n) is 3.69. The van der Waals surface area contributed by atoms with Gasteiger partial charge in [-0.3, -0.25) is 9.59 Å². The summed E-state index contributed by atoms with van der Waals surface area (Å²) in [5, 5.41) is 5.99. The van der Waals surface area contributed by atoms with Crippen LogP contribution >= 0.6 is 22.9 Å². The maximum atomic E-state index is 12.4. The van der Waals surface area contributed by atoms with Crippen molar-refractivity contribution < 1.29 is 9.59 Å². The van der Waals surface area contributed by atoms with Crippen LogP contribution in [0.15, 0.2) is 18.2 Å². The van der Waals surface area contributed by atoms with Crippen LogP contribution in [-0.4, -0.2) is 11.8 Å². The van der Waals surface area contributed by atoms with Crippen molar-refractivity contribution in [1.29, 1.82) is 0 Å². The first-order valence-corrected chi connectivity index (χ1v) is 8.20. The number of hydrogen-bond donors (Lipinski definition) is 2. The summed E-state index contributed by atoms with van der Waals surface area (Å²) in [4.78, 5) is 25.6. The monoisotopic (exact) mass is 334 g/mol. The largest absolute Gasteiger partial charge is 0.325 e. The van der Waals surface area contributed by atoms with E-state index in [0.717, 1.165) is 16.9 Å². The summed E-state index contributed by atoms with van der Waals surface area (Å²) in [7, 11) is 0. The lowest BCUT2D eigenvalue weighted by Gasteiger charge is -2.08. The minimum Gasteiger partial charge on any atom is -0.325 e. The van der Waals surface area contributed by atoms with Crippen molar-refractivity contribution in [2.75, 3.05) is 10.6 Å². The summed E-state index contributed by atoms with van der Waals surface area (Å²) in [6.45, 7) is 4.08. The first kappa shape index (κ1) is 15.1. The molecule has 0 atom stereocenters. The van der Waals surface area contributed by atoms with Crippen LogP contribution in [0.1, 0.15) is 32.6 Å². The number of aryl methyl sites for hydroxylation is 2.